The molecule has 2 N–H and O–H groups in total. The van der Waals surface area contributed by atoms with E-state index in [9.17, 15) is 5.11 Å². The highest BCUT2D eigenvalue weighted by molar-refractivity contribution is 5.80. The van der Waals surface area contributed by atoms with Crippen molar-refractivity contribution in [3.05, 3.63) is 24.3 Å². The van der Waals surface area contributed by atoms with Crippen LogP contribution in [0.15, 0.2) is 29.3 Å². The number of likely N-dealkylation sites (N-methyl/N-ethyl adjacent to an activating group) is 1. The first-order valence-electron chi connectivity index (χ1n) is 5.81. The molecule has 0 fully saturated rings. The fraction of sp³-hybridized carbons (Fsp3) is 0.615. The van der Waals surface area contributed by atoms with Crippen molar-refractivity contribution < 1.29 is 5.11 Å². The summed E-state index contributed by atoms with van der Waals surface area (Å²) in [5, 5.41) is 13.3. The van der Waals surface area contributed by atoms with Crippen molar-refractivity contribution in [2.45, 2.75) is 38.3 Å². The van der Waals surface area contributed by atoms with Gasteiger partial charge in [-0.2, -0.15) is 0 Å². The van der Waals surface area contributed by atoms with Gasteiger partial charge in [-0.1, -0.05) is 38.5 Å². The van der Waals surface area contributed by atoms with Crippen LogP contribution in [0.1, 0.15) is 26.2 Å². The van der Waals surface area contributed by atoms with Gasteiger partial charge in [0, 0.05) is 19.3 Å². The van der Waals surface area contributed by atoms with Gasteiger partial charge in [-0.15, -0.1) is 0 Å². The van der Waals surface area contributed by atoms with E-state index in [4.69, 9.17) is 0 Å². The molecule has 0 heterocycles. The lowest BCUT2D eigenvalue weighted by atomic mass is 9.98. The first-order valence-corrected chi connectivity index (χ1v) is 5.81. The smallest absolute Gasteiger partial charge is 0.0957 e. The molecule has 0 radical (unpaired) electrons. The zero-order valence-corrected chi connectivity index (χ0v) is 10.6. The molecule has 0 aromatic heterocycles. The van der Waals surface area contributed by atoms with Gasteiger partial charge in [0.1, 0.15) is 0 Å². The molecule has 0 saturated heterocycles. The molecule has 0 aliphatic rings. The molecule has 0 aromatic rings. The number of hydrogen-bond acceptors (Lipinski definition) is 3. The topological polar surface area (TPSA) is 44.6 Å². The van der Waals surface area contributed by atoms with Crippen molar-refractivity contribution in [2.24, 2.45) is 4.99 Å². The van der Waals surface area contributed by atoms with Crippen LogP contribution < -0.4 is 5.32 Å². The van der Waals surface area contributed by atoms with E-state index in [-0.39, 0.29) is 6.04 Å². The second kappa shape index (κ2) is 9.31. The molecule has 0 aliphatic heterocycles. The lowest BCUT2D eigenvalue weighted by molar-refractivity contribution is 0.164. The highest BCUT2D eigenvalue weighted by Gasteiger charge is 2.19. The predicted octanol–water partition coefficient (Wildman–Crippen LogP) is 1.94. The summed E-state index contributed by atoms with van der Waals surface area (Å²) < 4.78 is 0. The fourth-order valence-electron chi connectivity index (χ4n) is 1.62. The first kappa shape index (κ1) is 15.1. The van der Waals surface area contributed by atoms with E-state index in [0.717, 1.165) is 24.8 Å². The fourth-order valence-corrected chi connectivity index (χ4v) is 1.62. The molecule has 0 unspecified atom stereocenters. The van der Waals surface area contributed by atoms with E-state index in [1.807, 2.05) is 7.05 Å². The Morgan fingerprint density at radius 3 is 2.69 bits per heavy atom. The van der Waals surface area contributed by atoms with Crippen molar-refractivity contribution in [1.29, 1.82) is 0 Å². The summed E-state index contributed by atoms with van der Waals surface area (Å²) in [6.07, 6.45) is 7.82. The van der Waals surface area contributed by atoms with Crippen LogP contribution in [0.3, 0.4) is 0 Å². The molecule has 0 spiro atoms. The van der Waals surface area contributed by atoms with Crippen LogP contribution >= 0.6 is 0 Å². The van der Waals surface area contributed by atoms with Gasteiger partial charge in [0.15, 0.2) is 0 Å². The highest BCUT2D eigenvalue weighted by Crippen LogP contribution is 2.11. The van der Waals surface area contributed by atoms with Crippen LogP contribution in [0.5, 0.6) is 0 Å². The van der Waals surface area contributed by atoms with Crippen molar-refractivity contribution >= 4 is 6.21 Å². The zero-order valence-electron chi connectivity index (χ0n) is 10.6. The summed E-state index contributed by atoms with van der Waals surface area (Å²) in [5.74, 6) is 0. The SMILES string of the molecule is C=C/C=C(\C=N/C)[C@H](O)[C@@H](CCCC)NC. The van der Waals surface area contributed by atoms with Crippen molar-refractivity contribution in [3.8, 4) is 0 Å². The third kappa shape index (κ3) is 5.24. The van der Waals surface area contributed by atoms with E-state index in [1.54, 1.807) is 25.4 Å². The third-order valence-corrected chi connectivity index (χ3v) is 2.55. The Labute approximate surface area is 99.0 Å². The van der Waals surface area contributed by atoms with E-state index in [0.29, 0.717) is 0 Å². The quantitative estimate of drug-likeness (QED) is 0.489. The third-order valence-electron chi connectivity index (χ3n) is 2.55. The normalized spacial score (nSPS) is 16.4. The second-order valence-corrected chi connectivity index (χ2v) is 3.77. The summed E-state index contributed by atoms with van der Waals surface area (Å²) >= 11 is 0. The molecular weight excluding hydrogens is 200 g/mol. The Hall–Kier alpha value is -0.930. The summed E-state index contributed by atoms with van der Waals surface area (Å²) in [6, 6.07) is 0.0733. The van der Waals surface area contributed by atoms with Crippen LogP contribution in [-0.4, -0.2) is 37.6 Å². The molecule has 92 valence electrons. The molecule has 0 amide bonds. The van der Waals surface area contributed by atoms with Gasteiger partial charge in [-0.3, -0.25) is 4.99 Å². The van der Waals surface area contributed by atoms with Crippen LogP contribution in [-0.2, 0) is 0 Å². The number of hydrogen-bond donors (Lipinski definition) is 2. The number of aliphatic imine (C=N–C) groups is 1. The monoisotopic (exact) mass is 224 g/mol. The van der Waals surface area contributed by atoms with Crippen LogP contribution in [0.4, 0.5) is 0 Å². The van der Waals surface area contributed by atoms with E-state index < -0.39 is 6.10 Å². The van der Waals surface area contributed by atoms with Crippen molar-refractivity contribution in [1.82, 2.24) is 5.32 Å². The molecule has 2 atom stereocenters. The average Bonchev–Trinajstić information content (AvgIpc) is 2.29. The number of aliphatic hydroxyl groups is 1. The molecule has 16 heavy (non-hydrogen) atoms. The first-order chi connectivity index (χ1) is 7.71. The summed E-state index contributed by atoms with van der Waals surface area (Å²) in [7, 11) is 3.57. The molecule has 3 nitrogen and oxygen atoms in total. The number of nitrogens with one attached hydrogen (secondary N) is 1. The number of nitrogens with zero attached hydrogens (tertiary/aromatic N) is 1. The molecule has 0 bridgehead atoms. The van der Waals surface area contributed by atoms with Crippen LogP contribution in [0, 0.1) is 0 Å². The highest BCUT2D eigenvalue weighted by atomic mass is 16.3. The maximum Gasteiger partial charge on any atom is 0.0957 e. The standard InChI is InChI=1S/C13H24N2O/c1-5-7-9-12(15-4)13(16)11(8-6-2)10-14-3/h6,8,10,12-13,15-16H,2,5,7,9H2,1,3-4H3/b11-8+,14-10-/t12-,13+/m1/s1. The molecule has 3 heteroatoms. The van der Waals surface area contributed by atoms with Gasteiger partial charge in [0.2, 0.25) is 0 Å². The summed E-state index contributed by atoms with van der Waals surface area (Å²) in [4.78, 5) is 3.94. The van der Waals surface area contributed by atoms with Gasteiger partial charge in [0.05, 0.1) is 6.10 Å². The second-order valence-electron chi connectivity index (χ2n) is 3.77. The van der Waals surface area contributed by atoms with Crippen molar-refractivity contribution in [2.75, 3.05) is 14.1 Å². The Morgan fingerprint density at radius 2 is 2.25 bits per heavy atom. The number of allylic oxidation sites excluding steroid dienone is 2. The maximum absolute atomic E-state index is 10.2. The largest absolute Gasteiger partial charge is 0.387 e. The Morgan fingerprint density at radius 1 is 1.56 bits per heavy atom. The summed E-state index contributed by atoms with van der Waals surface area (Å²) in [5.41, 5.74) is 0.799. The van der Waals surface area contributed by atoms with E-state index >= 15 is 0 Å². The number of rotatable bonds is 8. The number of unbranched alkanes of at least 4 members (excludes halogenated alkanes) is 1. The molecule has 0 aliphatic carbocycles. The van der Waals surface area contributed by atoms with E-state index in [1.165, 1.54) is 0 Å². The lowest BCUT2D eigenvalue weighted by Crippen LogP contribution is -2.39. The average molecular weight is 224 g/mol. The minimum Gasteiger partial charge on any atom is -0.387 e. The molecule has 0 aromatic carbocycles. The Balaban J connectivity index is 4.60. The number of aliphatic hydroxyl groups excluding tert-OH is 1. The van der Waals surface area contributed by atoms with Gasteiger partial charge in [0.25, 0.3) is 0 Å². The Bertz CT molecular complexity index is 246. The minimum absolute atomic E-state index is 0.0733. The molecule has 0 saturated carbocycles. The van der Waals surface area contributed by atoms with Gasteiger partial charge >= 0.3 is 0 Å². The van der Waals surface area contributed by atoms with Gasteiger partial charge < -0.3 is 10.4 Å². The van der Waals surface area contributed by atoms with Gasteiger partial charge in [-0.25, -0.2) is 0 Å². The molecule has 0 rings (SSSR count). The Kier molecular flexibility index (Phi) is 8.77. The van der Waals surface area contributed by atoms with Crippen LogP contribution in [0.2, 0.25) is 0 Å². The lowest BCUT2D eigenvalue weighted by Gasteiger charge is -2.23. The van der Waals surface area contributed by atoms with E-state index in [2.05, 4.69) is 23.8 Å². The summed E-state index contributed by atoms with van der Waals surface area (Å²) in [6.45, 7) is 5.79. The maximum atomic E-state index is 10.2. The molecular formula is C13H24N2O. The van der Waals surface area contributed by atoms with Gasteiger partial charge in [-0.05, 0) is 19.0 Å². The predicted molar refractivity (Wildman–Crippen MR) is 71.1 cm³/mol. The van der Waals surface area contributed by atoms with Crippen molar-refractivity contribution in [3.63, 3.8) is 0 Å². The van der Waals surface area contributed by atoms with Crippen LogP contribution in [0.25, 0.3) is 0 Å². The minimum atomic E-state index is -0.529. The zero-order chi connectivity index (χ0) is 12.4.